The van der Waals surface area contributed by atoms with Crippen molar-refractivity contribution in [1.82, 2.24) is 4.90 Å². The molecule has 1 fully saturated rings. The van der Waals surface area contributed by atoms with E-state index in [0.717, 1.165) is 6.42 Å². The van der Waals surface area contributed by atoms with Crippen LogP contribution in [0.25, 0.3) is 0 Å². The van der Waals surface area contributed by atoms with E-state index in [1.807, 2.05) is 20.8 Å². The van der Waals surface area contributed by atoms with Crippen molar-refractivity contribution in [3.8, 4) is 0 Å². The predicted octanol–water partition coefficient (Wildman–Crippen LogP) is 3.06. The molecule has 2 rings (SSSR count). The van der Waals surface area contributed by atoms with Crippen molar-refractivity contribution in [2.75, 3.05) is 25.5 Å². The Morgan fingerprint density at radius 1 is 1.15 bits per heavy atom. The number of carbonyl (C=O) groups excluding carboxylic acids is 3. The van der Waals surface area contributed by atoms with E-state index in [9.17, 15) is 14.4 Å². The highest BCUT2D eigenvalue weighted by Gasteiger charge is 2.31. The Morgan fingerprint density at radius 2 is 1.81 bits per heavy atom. The lowest BCUT2D eigenvalue weighted by Crippen LogP contribution is -2.45. The van der Waals surface area contributed by atoms with Gasteiger partial charge in [-0.3, -0.25) is 4.79 Å². The van der Waals surface area contributed by atoms with Gasteiger partial charge in [0.05, 0.1) is 18.6 Å². The van der Waals surface area contributed by atoms with Crippen LogP contribution in [-0.2, 0) is 14.3 Å². The van der Waals surface area contributed by atoms with E-state index in [1.54, 1.807) is 29.2 Å². The predicted molar refractivity (Wildman–Crippen MR) is 96.9 cm³/mol. The number of amides is 2. The molecule has 1 N–H and O–H groups in total. The molecule has 0 aliphatic carbocycles. The minimum Gasteiger partial charge on any atom is -0.465 e. The second-order valence-corrected chi connectivity index (χ2v) is 7.32. The molecule has 7 heteroatoms. The summed E-state index contributed by atoms with van der Waals surface area (Å²) in [5.41, 5.74) is 0.449. The monoisotopic (exact) mass is 362 g/mol. The molecule has 7 nitrogen and oxygen atoms in total. The second kappa shape index (κ2) is 8.21. The summed E-state index contributed by atoms with van der Waals surface area (Å²) in [5.74, 6) is -0.871. The third-order valence-corrected chi connectivity index (χ3v) is 4.02. The third-order valence-electron chi connectivity index (χ3n) is 4.02. The van der Waals surface area contributed by atoms with Crippen LogP contribution in [0, 0.1) is 5.92 Å². The Kier molecular flexibility index (Phi) is 6.23. The van der Waals surface area contributed by atoms with Gasteiger partial charge in [-0.2, -0.15) is 0 Å². The van der Waals surface area contributed by atoms with Crippen molar-refractivity contribution >= 4 is 23.7 Å². The van der Waals surface area contributed by atoms with E-state index in [1.165, 1.54) is 7.11 Å². The van der Waals surface area contributed by atoms with Crippen LogP contribution in [0.3, 0.4) is 0 Å². The van der Waals surface area contributed by atoms with E-state index >= 15 is 0 Å². The Balaban J connectivity index is 1.94. The van der Waals surface area contributed by atoms with Crippen molar-refractivity contribution in [2.45, 2.75) is 39.2 Å². The molecular weight excluding hydrogens is 336 g/mol. The van der Waals surface area contributed by atoms with E-state index in [0.29, 0.717) is 30.8 Å². The number of methoxy groups -OCH3 is 1. The number of esters is 1. The van der Waals surface area contributed by atoms with Crippen molar-refractivity contribution in [1.29, 1.82) is 0 Å². The van der Waals surface area contributed by atoms with Crippen LogP contribution in [0.2, 0.25) is 0 Å². The first kappa shape index (κ1) is 19.8. The molecule has 0 aromatic heterocycles. The van der Waals surface area contributed by atoms with Crippen LogP contribution < -0.4 is 5.32 Å². The number of nitrogens with zero attached hydrogens (tertiary/aromatic N) is 1. The molecule has 0 radical (unpaired) electrons. The summed E-state index contributed by atoms with van der Waals surface area (Å²) in [7, 11) is 1.32. The number of carbonyl (C=O) groups is 3. The summed E-state index contributed by atoms with van der Waals surface area (Å²) < 4.78 is 10.0. The maximum atomic E-state index is 12.5. The number of benzene rings is 1. The lowest BCUT2D eigenvalue weighted by Gasteiger charge is -2.33. The molecule has 142 valence electrons. The molecule has 1 aliphatic heterocycles. The van der Waals surface area contributed by atoms with E-state index in [-0.39, 0.29) is 11.8 Å². The zero-order valence-electron chi connectivity index (χ0n) is 15.7. The number of ether oxygens (including phenoxy) is 2. The van der Waals surface area contributed by atoms with Gasteiger partial charge in [0.15, 0.2) is 0 Å². The number of rotatable bonds is 3. The molecule has 1 heterocycles. The minimum atomic E-state index is -0.562. The molecule has 0 bridgehead atoms. The van der Waals surface area contributed by atoms with E-state index < -0.39 is 17.7 Å². The van der Waals surface area contributed by atoms with Gasteiger partial charge in [-0.05, 0) is 57.9 Å². The van der Waals surface area contributed by atoms with Gasteiger partial charge in [0.1, 0.15) is 5.60 Å². The number of nitrogens with one attached hydrogen (secondary N) is 1. The van der Waals surface area contributed by atoms with Crippen molar-refractivity contribution < 1.29 is 23.9 Å². The largest absolute Gasteiger partial charge is 0.465 e. The van der Waals surface area contributed by atoms with Gasteiger partial charge in [0.25, 0.3) is 0 Å². The fourth-order valence-electron chi connectivity index (χ4n) is 2.74. The van der Waals surface area contributed by atoms with E-state index in [4.69, 9.17) is 4.74 Å². The summed E-state index contributed by atoms with van der Waals surface area (Å²) in [6.45, 7) is 6.37. The lowest BCUT2D eigenvalue weighted by atomic mass is 9.97. The van der Waals surface area contributed by atoms with Crippen LogP contribution in [-0.4, -0.2) is 48.7 Å². The molecule has 1 aromatic carbocycles. The number of anilines is 1. The van der Waals surface area contributed by atoms with Crippen LogP contribution in [0.4, 0.5) is 10.5 Å². The molecular formula is C19H26N2O5. The smallest absolute Gasteiger partial charge is 0.410 e. The van der Waals surface area contributed by atoms with Crippen LogP contribution in [0.1, 0.15) is 44.0 Å². The summed E-state index contributed by atoms with van der Waals surface area (Å²) in [6, 6.07) is 6.49. The van der Waals surface area contributed by atoms with Gasteiger partial charge in [0.2, 0.25) is 5.91 Å². The number of likely N-dealkylation sites (tertiary alicyclic amines) is 1. The second-order valence-electron chi connectivity index (χ2n) is 7.32. The molecule has 1 aliphatic rings. The van der Waals surface area contributed by atoms with Crippen molar-refractivity contribution in [3.05, 3.63) is 29.8 Å². The van der Waals surface area contributed by atoms with Gasteiger partial charge >= 0.3 is 12.1 Å². The molecule has 0 saturated carbocycles. The fourth-order valence-corrected chi connectivity index (χ4v) is 2.74. The Labute approximate surface area is 153 Å². The third kappa shape index (κ3) is 5.47. The fraction of sp³-hybridized carbons (Fsp3) is 0.526. The number of hydrogen-bond donors (Lipinski definition) is 1. The summed E-state index contributed by atoms with van der Waals surface area (Å²) in [5, 5.41) is 2.83. The van der Waals surface area contributed by atoms with Crippen molar-refractivity contribution in [2.24, 2.45) is 5.92 Å². The van der Waals surface area contributed by atoms with Crippen LogP contribution in [0.15, 0.2) is 24.3 Å². The molecule has 0 spiro atoms. The SMILES string of the molecule is COC(=O)c1ccc(NC(=O)C2CCCN(C(=O)OC(C)(C)C)C2)cc1. The maximum Gasteiger partial charge on any atom is 0.410 e. The van der Waals surface area contributed by atoms with Gasteiger partial charge in [-0.1, -0.05) is 0 Å². The van der Waals surface area contributed by atoms with Gasteiger partial charge in [-0.25, -0.2) is 9.59 Å². The first-order valence-corrected chi connectivity index (χ1v) is 8.67. The lowest BCUT2D eigenvalue weighted by molar-refractivity contribution is -0.121. The number of piperidine rings is 1. The Morgan fingerprint density at radius 3 is 2.38 bits per heavy atom. The highest BCUT2D eigenvalue weighted by molar-refractivity contribution is 5.94. The molecule has 26 heavy (non-hydrogen) atoms. The normalized spacial score (nSPS) is 17.4. The molecule has 1 saturated heterocycles. The van der Waals surface area contributed by atoms with Gasteiger partial charge in [-0.15, -0.1) is 0 Å². The standard InChI is InChI=1S/C19H26N2O5/c1-19(2,3)26-18(24)21-11-5-6-14(12-21)16(22)20-15-9-7-13(8-10-15)17(23)25-4/h7-10,14H,5-6,11-12H2,1-4H3,(H,20,22). The highest BCUT2D eigenvalue weighted by Crippen LogP contribution is 2.21. The highest BCUT2D eigenvalue weighted by atomic mass is 16.6. The topological polar surface area (TPSA) is 84.9 Å². The Bertz CT molecular complexity index is 664. The van der Waals surface area contributed by atoms with Gasteiger partial charge in [0, 0.05) is 18.8 Å². The van der Waals surface area contributed by atoms with Crippen LogP contribution in [0.5, 0.6) is 0 Å². The number of hydrogen-bond acceptors (Lipinski definition) is 5. The molecule has 1 aromatic rings. The van der Waals surface area contributed by atoms with E-state index in [2.05, 4.69) is 10.1 Å². The summed E-state index contributed by atoms with van der Waals surface area (Å²) >= 11 is 0. The summed E-state index contributed by atoms with van der Waals surface area (Å²) in [6.07, 6.45) is 1.07. The zero-order chi connectivity index (χ0) is 19.3. The molecule has 1 unspecified atom stereocenters. The molecule has 1 atom stereocenters. The summed E-state index contributed by atoms with van der Waals surface area (Å²) in [4.78, 5) is 37.7. The quantitative estimate of drug-likeness (QED) is 0.836. The minimum absolute atomic E-state index is 0.149. The maximum absolute atomic E-state index is 12.5. The van der Waals surface area contributed by atoms with Crippen LogP contribution >= 0.6 is 0 Å². The molecule has 2 amide bonds. The van der Waals surface area contributed by atoms with Gasteiger partial charge < -0.3 is 19.7 Å². The van der Waals surface area contributed by atoms with Crippen molar-refractivity contribution in [3.63, 3.8) is 0 Å². The average molecular weight is 362 g/mol. The Hall–Kier alpha value is -2.57. The zero-order valence-corrected chi connectivity index (χ0v) is 15.7. The first-order chi connectivity index (χ1) is 12.2. The average Bonchev–Trinajstić information content (AvgIpc) is 2.60. The first-order valence-electron chi connectivity index (χ1n) is 8.67.